The number of nitrogen functional groups attached to an aromatic ring is 1. The number of para-hydroxylation sites is 2. The third kappa shape index (κ3) is 2.73. The lowest BCUT2D eigenvalue weighted by atomic mass is 10.1. The van der Waals surface area contributed by atoms with Gasteiger partial charge in [0.15, 0.2) is 5.82 Å². The highest BCUT2D eigenvalue weighted by atomic mass is 35.5. The fourth-order valence-electron chi connectivity index (χ4n) is 2.90. The molecule has 0 spiro atoms. The molecule has 4 rings (SSSR count). The van der Waals surface area contributed by atoms with E-state index < -0.39 is 0 Å². The van der Waals surface area contributed by atoms with Crippen LogP contribution in [0.15, 0.2) is 54.7 Å². The Labute approximate surface area is 159 Å². The highest BCUT2D eigenvalue weighted by molar-refractivity contribution is 6.40. The summed E-state index contributed by atoms with van der Waals surface area (Å²) in [5, 5.41) is 0.775. The second-order valence-electron chi connectivity index (χ2n) is 5.69. The van der Waals surface area contributed by atoms with Gasteiger partial charge in [0.05, 0.1) is 28.0 Å². The Bertz CT molecular complexity index is 976. The molecule has 0 bridgehead atoms. The lowest BCUT2D eigenvalue weighted by Crippen LogP contribution is -2.45. The number of benzene rings is 2. The van der Waals surface area contributed by atoms with Crippen LogP contribution < -0.4 is 15.5 Å². The van der Waals surface area contributed by atoms with Crippen molar-refractivity contribution in [1.82, 2.24) is 9.97 Å². The van der Waals surface area contributed by atoms with E-state index in [1.165, 1.54) is 9.80 Å². The first-order valence-corrected chi connectivity index (χ1v) is 8.54. The summed E-state index contributed by atoms with van der Waals surface area (Å²) in [6.07, 6.45) is 1.61. The molecule has 6 nitrogen and oxygen atoms in total. The van der Waals surface area contributed by atoms with E-state index in [4.69, 9.17) is 28.9 Å². The van der Waals surface area contributed by atoms with E-state index >= 15 is 0 Å². The van der Waals surface area contributed by atoms with Crippen molar-refractivity contribution in [2.45, 2.75) is 6.54 Å². The van der Waals surface area contributed by atoms with E-state index in [-0.39, 0.29) is 18.5 Å². The SMILES string of the molecule is Nc1ncc2c(n1)N(c1ccccc1)C(=O)N(c1c(Cl)cccc1Cl)C2. The lowest BCUT2D eigenvalue weighted by molar-refractivity contribution is 0.252. The maximum absolute atomic E-state index is 13.3. The number of carbonyl (C=O) groups excluding carboxylic acids is 1. The number of halogens is 2. The Hall–Kier alpha value is -2.83. The number of fused-ring (bicyclic) bond motifs is 1. The molecule has 1 aliphatic rings. The molecule has 2 amide bonds. The summed E-state index contributed by atoms with van der Waals surface area (Å²) in [7, 11) is 0. The molecule has 130 valence electrons. The van der Waals surface area contributed by atoms with Crippen molar-refractivity contribution in [3.05, 3.63) is 70.3 Å². The monoisotopic (exact) mass is 385 g/mol. The molecule has 0 saturated heterocycles. The van der Waals surface area contributed by atoms with E-state index in [9.17, 15) is 4.79 Å². The van der Waals surface area contributed by atoms with Crippen molar-refractivity contribution in [3.63, 3.8) is 0 Å². The molecule has 0 unspecified atom stereocenters. The number of urea groups is 1. The largest absolute Gasteiger partial charge is 0.368 e. The molecule has 2 aromatic carbocycles. The number of hydrogen-bond donors (Lipinski definition) is 1. The highest BCUT2D eigenvalue weighted by Gasteiger charge is 2.35. The van der Waals surface area contributed by atoms with Gasteiger partial charge in [-0.3, -0.25) is 4.90 Å². The molecule has 0 atom stereocenters. The predicted octanol–water partition coefficient (Wildman–Crippen LogP) is 4.64. The van der Waals surface area contributed by atoms with Crippen molar-refractivity contribution in [3.8, 4) is 0 Å². The molecule has 2 heterocycles. The summed E-state index contributed by atoms with van der Waals surface area (Å²) in [5.74, 6) is 0.551. The summed E-state index contributed by atoms with van der Waals surface area (Å²) in [5.41, 5.74) is 7.59. The van der Waals surface area contributed by atoms with Crippen molar-refractivity contribution in [1.29, 1.82) is 0 Å². The number of rotatable bonds is 2. The molecular formula is C18H13Cl2N5O. The number of nitrogens with two attached hydrogens (primary N) is 1. The normalized spacial score (nSPS) is 13.7. The van der Waals surface area contributed by atoms with E-state index in [2.05, 4.69) is 9.97 Å². The highest BCUT2D eigenvalue weighted by Crippen LogP contribution is 2.40. The van der Waals surface area contributed by atoms with Gasteiger partial charge in [0.2, 0.25) is 5.95 Å². The third-order valence-corrected chi connectivity index (χ3v) is 4.65. The Morgan fingerprint density at radius 3 is 2.38 bits per heavy atom. The van der Waals surface area contributed by atoms with Crippen LogP contribution in [0.5, 0.6) is 0 Å². The van der Waals surface area contributed by atoms with Gasteiger partial charge >= 0.3 is 6.03 Å². The molecule has 26 heavy (non-hydrogen) atoms. The fraction of sp³-hybridized carbons (Fsp3) is 0.0556. The minimum absolute atomic E-state index is 0.0988. The molecule has 8 heteroatoms. The van der Waals surface area contributed by atoms with Crippen LogP contribution in [0.1, 0.15) is 5.56 Å². The van der Waals surface area contributed by atoms with E-state index in [1.54, 1.807) is 24.4 Å². The minimum atomic E-state index is -0.322. The number of aromatic nitrogens is 2. The van der Waals surface area contributed by atoms with Crippen molar-refractivity contribution in [2.24, 2.45) is 0 Å². The zero-order chi connectivity index (χ0) is 18.3. The number of nitrogens with zero attached hydrogens (tertiary/aromatic N) is 4. The summed E-state index contributed by atoms with van der Waals surface area (Å²) in [4.78, 5) is 24.7. The quantitative estimate of drug-likeness (QED) is 0.696. The fourth-order valence-corrected chi connectivity index (χ4v) is 3.50. The van der Waals surface area contributed by atoms with Crippen LogP contribution in [0.2, 0.25) is 10.0 Å². The molecule has 0 radical (unpaired) electrons. The number of hydrogen-bond acceptors (Lipinski definition) is 4. The predicted molar refractivity (Wildman–Crippen MR) is 103 cm³/mol. The van der Waals surface area contributed by atoms with E-state index in [1.807, 2.05) is 30.3 Å². The zero-order valence-corrected chi connectivity index (χ0v) is 14.9. The number of anilines is 4. The average Bonchev–Trinajstić information content (AvgIpc) is 2.63. The van der Waals surface area contributed by atoms with Gasteiger partial charge in [-0.15, -0.1) is 0 Å². The lowest BCUT2D eigenvalue weighted by Gasteiger charge is -2.36. The standard InChI is InChI=1S/C18H13Cl2N5O/c19-13-7-4-8-14(20)15(13)24-10-11-9-22-17(21)23-16(11)25(18(24)26)12-5-2-1-3-6-12/h1-9H,10H2,(H2,21,22,23). The summed E-state index contributed by atoms with van der Waals surface area (Å²) in [6, 6.07) is 14.0. The molecule has 0 aliphatic carbocycles. The topological polar surface area (TPSA) is 75.3 Å². The van der Waals surface area contributed by atoms with Crippen LogP contribution in [0, 0.1) is 0 Å². The van der Waals surface area contributed by atoms with Gasteiger partial charge < -0.3 is 5.73 Å². The summed E-state index contributed by atoms with van der Waals surface area (Å²) >= 11 is 12.7. The molecule has 0 fully saturated rings. The molecule has 1 aromatic heterocycles. The first-order chi connectivity index (χ1) is 12.6. The molecule has 0 saturated carbocycles. The maximum Gasteiger partial charge on any atom is 0.335 e. The van der Waals surface area contributed by atoms with Crippen LogP contribution in [0.3, 0.4) is 0 Å². The van der Waals surface area contributed by atoms with Crippen LogP contribution in [0.4, 0.5) is 27.9 Å². The van der Waals surface area contributed by atoms with Gasteiger partial charge in [-0.1, -0.05) is 47.5 Å². The molecular weight excluding hydrogens is 373 g/mol. The Balaban J connectivity index is 1.91. The maximum atomic E-state index is 13.3. The van der Waals surface area contributed by atoms with Gasteiger partial charge in [0, 0.05) is 11.8 Å². The molecule has 3 aromatic rings. The number of amides is 2. The number of carbonyl (C=O) groups is 1. The summed E-state index contributed by atoms with van der Waals surface area (Å²) < 4.78 is 0. The molecule has 1 aliphatic heterocycles. The van der Waals surface area contributed by atoms with Crippen LogP contribution in [-0.2, 0) is 6.54 Å². The second kappa shape index (κ2) is 6.48. The Morgan fingerprint density at radius 1 is 1.00 bits per heavy atom. The first kappa shape index (κ1) is 16.6. The van der Waals surface area contributed by atoms with Crippen molar-refractivity contribution < 1.29 is 4.79 Å². The Kier molecular flexibility index (Phi) is 4.14. The van der Waals surface area contributed by atoms with Gasteiger partial charge in [0.25, 0.3) is 0 Å². The van der Waals surface area contributed by atoms with Gasteiger partial charge in [-0.25, -0.2) is 14.7 Å². The molecule has 2 N–H and O–H groups in total. The van der Waals surface area contributed by atoms with Crippen molar-refractivity contribution >= 4 is 52.4 Å². The minimum Gasteiger partial charge on any atom is -0.368 e. The van der Waals surface area contributed by atoms with Crippen LogP contribution in [0.25, 0.3) is 0 Å². The van der Waals surface area contributed by atoms with E-state index in [0.717, 1.165) is 5.56 Å². The van der Waals surface area contributed by atoms with Gasteiger partial charge in [-0.2, -0.15) is 4.98 Å². The smallest absolute Gasteiger partial charge is 0.335 e. The van der Waals surface area contributed by atoms with Crippen molar-refractivity contribution in [2.75, 3.05) is 15.5 Å². The first-order valence-electron chi connectivity index (χ1n) is 7.78. The third-order valence-electron chi connectivity index (χ3n) is 4.04. The van der Waals surface area contributed by atoms with Gasteiger partial charge in [0.1, 0.15) is 0 Å². The zero-order valence-electron chi connectivity index (χ0n) is 13.4. The average molecular weight is 386 g/mol. The van der Waals surface area contributed by atoms with E-state index in [0.29, 0.717) is 27.2 Å². The Morgan fingerprint density at radius 2 is 1.69 bits per heavy atom. The second-order valence-corrected chi connectivity index (χ2v) is 6.50. The van der Waals surface area contributed by atoms with Gasteiger partial charge in [-0.05, 0) is 24.3 Å². The van der Waals surface area contributed by atoms with Crippen LogP contribution >= 0.6 is 23.2 Å². The van der Waals surface area contributed by atoms with Crippen LogP contribution in [-0.4, -0.2) is 16.0 Å². The summed E-state index contributed by atoms with van der Waals surface area (Å²) in [6.45, 7) is 0.237.